The van der Waals surface area contributed by atoms with Crippen molar-refractivity contribution in [3.8, 4) is 0 Å². The third kappa shape index (κ3) is 3.08. The van der Waals surface area contributed by atoms with Gasteiger partial charge in [-0.15, -0.1) is 11.8 Å². The van der Waals surface area contributed by atoms with E-state index in [2.05, 4.69) is 5.32 Å². The highest BCUT2D eigenvalue weighted by Crippen LogP contribution is 2.44. The summed E-state index contributed by atoms with van der Waals surface area (Å²) in [5, 5.41) is 2.82. The normalized spacial score (nSPS) is 25.8. The summed E-state index contributed by atoms with van der Waals surface area (Å²) in [6.07, 6.45) is 1.86. The fourth-order valence-electron chi connectivity index (χ4n) is 4.43. The van der Waals surface area contributed by atoms with E-state index in [-0.39, 0.29) is 30.3 Å². The van der Waals surface area contributed by atoms with Crippen molar-refractivity contribution in [1.29, 1.82) is 0 Å². The molecule has 3 aliphatic rings. The van der Waals surface area contributed by atoms with Crippen LogP contribution in [0.5, 0.6) is 0 Å². The Morgan fingerprint density at radius 3 is 2.53 bits per heavy atom. The maximum atomic E-state index is 13.5. The van der Waals surface area contributed by atoms with E-state index in [9.17, 15) is 14.4 Å². The van der Waals surface area contributed by atoms with Gasteiger partial charge in [0.1, 0.15) is 12.1 Å². The Bertz CT molecular complexity index is 1020. The van der Waals surface area contributed by atoms with Crippen molar-refractivity contribution in [2.45, 2.75) is 36.2 Å². The lowest BCUT2D eigenvalue weighted by Crippen LogP contribution is -2.48. The molecule has 1 saturated carbocycles. The van der Waals surface area contributed by atoms with Crippen LogP contribution in [0.25, 0.3) is 0 Å². The molecule has 0 bridgehead atoms. The molecule has 2 fully saturated rings. The van der Waals surface area contributed by atoms with Crippen molar-refractivity contribution in [3.05, 3.63) is 60.2 Å². The number of anilines is 1. The van der Waals surface area contributed by atoms with Crippen LogP contribution in [0.4, 0.5) is 10.5 Å². The summed E-state index contributed by atoms with van der Waals surface area (Å²) in [5.74, 6) is 0.338. The number of hydrogen-bond acceptors (Lipinski definition) is 4. The molecule has 5 rings (SSSR count). The number of carbonyl (C=O) groups excluding carboxylic acids is 3. The first-order valence-corrected chi connectivity index (χ1v) is 11.2. The Morgan fingerprint density at radius 2 is 1.80 bits per heavy atom. The molecule has 1 saturated heterocycles. The van der Waals surface area contributed by atoms with E-state index in [0.717, 1.165) is 33.9 Å². The quantitative estimate of drug-likeness (QED) is 0.766. The summed E-state index contributed by atoms with van der Waals surface area (Å²) in [6.45, 7) is 1.52. The highest BCUT2D eigenvalue weighted by Gasteiger charge is 2.56. The molecule has 2 aromatic carbocycles. The number of urea groups is 1. The summed E-state index contributed by atoms with van der Waals surface area (Å²) in [6, 6.07) is 17.0. The van der Waals surface area contributed by atoms with Gasteiger partial charge in [0.25, 0.3) is 5.91 Å². The van der Waals surface area contributed by atoms with Crippen LogP contribution in [0.1, 0.15) is 31.4 Å². The lowest BCUT2D eigenvalue weighted by molar-refractivity contribution is -0.134. The van der Waals surface area contributed by atoms with E-state index in [1.54, 1.807) is 23.6 Å². The minimum atomic E-state index is -0.883. The third-order valence-corrected chi connectivity index (χ3v) is 7.41. The van der Waals surface area contributed by atoms with Crippen LogP contribution in [0.2, 0.25) is 0 Å². The van der Waals surface area contributed by atoms with Crippen LogP contribution in [0, 0.1) is 5.92 Å². The number of fused-ring (bicyclic) bond motifs is 1. The summed E-state index contributed by atoms with van der Waals surface area (Å²) < 4.78 is 0. The maximum absolute atomic E-state index is 13.5. The molecule has 2 unspecified atom stereocenters. The number of rotatable bonds is 4. The predicted molar refractivity (Wildman–Crippen MR) is 115 cm³/mol. The Kier molecular flexibility index (Phi) is 4.58. The molecule has 2 aliphatic heterocycles. The van der Waals surface area contributed by atoms with E-state index in [4.69, 9.17) is 0 Å². The predicted octanol–water partition coefficient (Wildman–Crippen LogP) is 3.59. The summed E-state index contributed by atoms with van der Waals surface area (Å²) in [5.41, 5.74) is 0.976. The number of thioether (sulfide) groups is 1. The molecule has 2 heterocycles. The van der Waals surface area contributed by atoms with E-state index in [1.807, 2.05) is 54.6 Å². The van der Waals surface area contributed by atoms with E-state index in [0.29, 0.717) is 5.75 Å². The van der Waals surface area contributed by atoms with Crippen LogP contribution in [-0.4, -0.2) is 40.6 Å². The average Bonchev–Trinajstić information content (AvgIpc) is 3.59. The molecule has 0 aromatic heterocycles. The van der Waals surface area contributed by atoms with Crippen molar-refractivity contribution in [2.75, 3.05) is 17.2 Å². The fraction of sp³-hybridized carbons (Fsp3) is 0.348. The number of carbonyl (C=O) groups is 3. The standard InChI is InChI=1S/C23H23N3O3S/c1-23(16-11-12-16)21(28)25(22(29)24-23)13-20(27)26-17-9-5-6-10-19(17)30-14-18(26)15-7-3-2-4-8-15/h2-10,16,18H,11-14H2,1H3,(H,24,29). The molecule has 7 heteroatoms. The number of nitrogens with zero attached hydrogens (tertiary/aromatic N) is 2. The topological polar surface area (TPSA) is 69.7 Å². The van der Waals surface area contributed by atoms with E-state index >= 15 is 0 Å². The lowest BCUT2D eigenvalue weighted by atomic mass is 9.96. The smallest absolute Gasteiger partial charge is 0.323 e. The van der Waals surface area contributed by atoms with Crippen molar-refractivity contribution >= 4 is 35.3 Å². The highest BCUT2D eigenvalue weighted by atomic mass is 32.2. The van der Waals surface area contributed by atoms with Crippen LogP contribution in [-0.2, 0) is 9.59 Å². The molecule has 1 N–H and O–H groups in total. The average molecular weight is 422 g/mol. The minimum absolute atomic E-state index is 0.158. The van der Waals surface area contributed by atoms with Gasteiger partial charge in [0, 0.05) is 10.6 Å². The van der Waals surface area contributed by atoms with Gasteiger partial charge in [-0.3, -0.25) is 14.5 Å². The molecule has 2 atom stereocenters. The molecular formula is C23H23N3O3S. The molecule has 4 amide bonds. The SMILES string of the molecule is CC1(C2CC2)NC(=O)N(CC(=O)N2c3ccccc3SCC2c2ccccc2)C1=O. The lowest BCUT2D eigenvalue weighted by Gasteiger charge is -2.37. The Hall–Kier alpha value is -2.80. The number of nitrogens with one attached hydrogen (secondary N) is 1. The minimum Gasteiger partial charge on any atom is -0.323 e. The van der Waals surface area contributed by atoms with E-state index in [1.165, 1.54) is 0 Å². The van der Waals surface area contributed by atoms with Crippen LogP contribution in [0.15, 0.2) is 59.5 Å². The zero-order valence-electron chi connectivity index (χ0n) is 16.7. The molecule has 1 aliphatic carbocycles. The van der Waals surface area contributed by atoms with Crippen molar-refractivity contribution < 1.29 is 14.4 Å². The first kappa shape index (κ1) is 19.2. The largest absolute Gasteiger partial charge is 0.325 e. The van der Waals surface area contributed by atoms with Crippen molar-refractivity contribution in [1.82, 2.24) is 10.2 Å². The molecule has 0 radical (unpaired) electrons. The van der Waals surface area contributed by atoms with Gasteiger partial charge in [0.2, 0.25) is 5.91 Å². The second-order valence-corrected chi connectivity index (χ2v) is 9.33. The Balaban J connectivity index is 1.46. The molecule has 30 heavy (non-hydrogen) atoms. The van der Waals surface area contributed by atoms with Crippen molar-refractivity contribution in [3.63, 3.8) is 0 Å². The van der Waals surface area contributed by atoms with E-state index < -0.39 is 11.6 Å². The van der Waals surface area contributed by atoms with Crippen LogP contribution >= 0.6 is 11.8 Å². The van der Waals surface area contributed by atoms with Crippen LogP contribution in [0.3, 0.4) is 0 Å². The first-order chi connectivity index (χ1) is 14.5. The molecule has 154 valence electrons. The second kappa shape index (κ2) is 7.16. The molecule has 0 spiro atoms. The third-order valence-electron chi connectivity index (χ3n) is 6.27. The van der Waals surface area contributed by atoms with Gasteiger partial charge in [-0.05, 0) is 43.4 Å². The van der Waals surface area contributed by atoms with Gasteiger partial charge in [0.05, 0.1) is 11.7 Å². The zero-order chi connectivity index (χ0) is 20.9. The van der Waals surface area contributed by atoms with Gasteiger partial charge in [-0.1, -0.05) is 42.5 Å². The van der Waals surface area contributed by atoms with Crippen LogP contribution < -0.4 is 10.2 Å². The van der Waals surface area contributed by atoms with Gasteiger partial charge in [-0.25, -0.2) is 4.79 Å². The molecular weight excluding hydrogens is 398 g/mol. The number of hydrogen-bond donors (Lipinski definition) is 1. The number of amides is 4. The summed E-state index contributed by atoms with van der Waals surface area (Å²) in [4.78, 5) is 43.0. The molecule has 6 nitrogen and oxygen atoms in total. The van der Waals surface area contributed by atoms with Crippen molar-refractivity contribution in [2.24, 2.45) is 5.92 Å². The second-order valence-electron chi connectivity index (χ2n) is 8.27. The highest BCUT2D eigenvalue weighted by molar-refractivity contribution is 7.99. The number of para-hydroxylation sites is 1. The fourth-order valence-corrected chi connectivity index (χ4v) is 5.59. The van der Waals surface area contributed by atoms with Gasteiger partial charge in [-0.2, -0.15) is 0 Å². The zero-order valence-corrected chi connectivity index (χ0v) is 17.5. The monoisotopic (exact) mass is 421 g/mol. The first-order valence-electron chi connectivity index (χ1n) is 10.2. The van der Waals surface area contributed by atoms with Gasteiger partial charge < -0.3 is 10.2 Å². The summed E-state index contributed by atoms with van der Waals surface area (Å²) in [7, 11) is 0. The Labute approximate surface area is 179 Å². The summed E-state index contributed by atoms with van der Waals surface area (Å²) >= 11 is 1.71. The van der Waals surface area contributed by atoms with Gasteiger partial charge >= 0.3 is 6.03 Å². The number of imide groups is 1. The van der Waals surface area contributed by atoms with Gasteiger partial charge in [0.15, 0.2) is 0 Å². The maximum Gasteiger partial charge on any atom is 0.325 e. The molecule has 2 aromatic rings. The number of benzene rings is 2. The Morgan fingerprint density at radius 1 is 1.10 bits per heavy atom.